The number of benzene rings is 3. The summed E-state index contributed by atoms with van der Waals surface area (Å²) in [5.74, 6) is 0.215. The van der Waals surface area contributed by atoms with Crippen molar-refractivity contribution in [3.8, 4) is 5.75 Å². The van der Waals surface area contributed by atoms with Gasteiger partial charge in [-0.3, -0.25) is 0 Å². The fourth-order valence-corrected chi connectivity index (χ4v) is 3.05. The lowest BCUT2D eigenvalue weighted by atomic mass is 10.0. The molecule has 0 aliphatic carbocycles. The molecule has 0 aromatic heterocycles. The highest BCUT2D eigenvalue weighted by Crippen LogP contribution is 2.22. The summed E-state index contributed by atoms with van der Waals surface area (Å²) in [5, 5.41) is 13.4. The molecule has 5 heteroatoms. The van der Waals surface area contributed by atoms with Gasteiger partial charge in [0.05, 0.1) is 12.7 Å². The van der Waals surface area contributed by atoms with Crippen molar-refractivity contribution >= 4 is 17.6 Å². The SMILES string of the molecule is COC(=O)C(=Cc1ccccc1)c1ccc(OCC(O)CNCc2ccccc2)cc1. The van der Waals surface area contributed by atoms with E-state index in [0.717, 1.165) is 16.7 Å². The first-order valence-electron chi connectivity index (χ1n) is 10.2. The largest absolute Gasteiger partial charge is 0.491 e. The van der Waals surface area contributed by atoms with Crippen LogP contribution in [0.2, 0.25) is 0 Å². The summed E-state index contributed by atoms with van der Waals surface area (Å²) in [6, 6.07) is 26.8. The maximum absolute atomic E-state index is 12.3. The second-order valence-corrected chi connectivity index (χ2v) is 7.07. The van der Waals surface area contributed by atoms with E-state index in [2.05, 4.69) is 5.32 Å². The quantitative estimate of drug-likeness (QED) is 0.297. The molecule has 0 amide bonds. The molecule has 5 nitrogen and oxygen atoms in total. The molecule has 2 N–H and O–H groups in total. The van der Waals surface area contributed by atoms with Gasteiger partial charge in [-0.15, -0.1) is 0 Å². The Bertz CT molecular complexity index is 969. The molecule has 160 valence electrons. The molecular formula is C26H27NO4. The maximum atomic E-state index is 12.3. The van der Waals surface area contributed by atoms with Crippen LogP contribution in [-0.4, -0.2) is 37.4 Å². The molecule has 3 aromatic carbocycles. The first-order valence-corrected chi connectivity index (χ1v) is 10.2. The number of esters is 1. The highest BCUT2D eigenvalue weighted by atomic mass is 16.5. The topological polar surface area (TPSA) is 67.8 Å². The van der Waals surface area contributed by atoms with E-state index in [1.807, 2.05) is 60.7 Å². The van der Waals surface area contributed by atoms with Gasteiger partial charge in [0.1, 0.15) is 18.5 Å². The monoisotopic (exact) mass is 417 g/mol. The maximum Gasteiger partial charge on any atom is 0.338 e. The third-order valence-corrected chi connectivity index (χ3v) is 4.68. The van der Waals surface area contributed by atoms with Crippen LogP contribution in [0.25, 0.3) is 11.6 Å². The van der Waals surface area contributed by atoms with Gasteiger partial charge in [-0.1, -0.05) is 72.8 Å². The lowest BCUT2D eigenvalue weighted by molar-refractivity contribution is -0.133. The van der Waals surface area contributed by atoms with Gasteiger partial charge in [0, 0.05) is 13.1 Å². The van der Waals surface area contributed by atoms with Crippen molar-refractivity contribution in [2.75, 3.05) is 20.3 Å². The van der Waals surface area contributed by atoms with Crippen molar-refractivity contribution in [1.82, 2.24) is 5.32 Å². The third kappa shape index (κ3) is 7.10. The number of carbonyl (C=O) groups excluding carboxylic acids is 1. The normalized spacial score (nSPS) is 12.3. The fraction of sp³-hybridized carbons (Fsp3) is 0.192. The molecule has 0 bridgehead atoms. The Balaban J connectivity index is 1.54. The minimum Gasteiger partial charge on any atom is -0.491 e. The van der Waals surface area contributed by atoms with Gasteiger partial charge in [0.15, 0.2) is 0 Å². The zero-order valence-corrected chi connectivity index (χ0v) is 17.5. The molecule has 3 aromatic rings. The predicted molar refractivity (Wildman–Crippen MR) is 122 cm³/mol. The molecule has 1 atom stereocenters. The van der Waals surface area contributed by atoms with Crippen LogP contribution < -0.4 is 10.1 Å². The Morgan fingerprint density at radius 2 is 1.61 bits per heavy atom. The smallest absolute Gasteiger partial charge is 0.338 e. The Kier molecular flexibility index (Phi) is 8.40. The highest BCUT2D eigenvalue weighted by molar-refractivity contribution is 6.21. The molecule has 1 unspecified atom stereocenters. The van der Waals surface area contributed by atoms with E-state index in [1.165, 1.54) is 7.11 Å². The Morgan fingerprint density at radius 1 is 0.968 bits per heavy atom. The Hall–Kier alpha value is -3.41. The molecule has 0 saturated carbocycles. The number of rotatable bonds is 10. The van der Waals surface area contributed by atoms with Crippen molar-refractivity contribution in [1.29, 1.82) is 0 Å². The Morgan fingerprint density at radius 3 is 2.26 bits per heavy atom. The molecule has 0 fully saturated rings. The summed E-state index contributed by atoms with van der Waals surface area (Å²) in [6.45, 7) is 1.29. The van der Waals surface area contributed by atoms with Crippen molar-refractivity contribution in [3.63, 3.8) is 0 Å². The molecule has 0 aliphatic rings. The van der Waals surface area contributed by atoms with Crippen LogP contribution in [0.5, 0.6) is 5.75 Å². The van der Waals surface area contributed by atoms with E-state index in [9.17, 15) is 9.90 Å². The van der Waals surface area contributed by atoms with Crippen LogP contribution in [0.15, 0.2) is 84.9 Å². The van der Waals surface area contributed by atoms with E-state index in [-0.39, 0.29) is 6.61 Å². The number of aliphatic hydroxyl groups is 1. The van der Waals surface area contributed by atoms with Crippen LogP contribution in [-0.2, 0) is 16.1 Å². The molecule has 0 saturated heterocycles. The lowest BCUT2D eigenvalue weighted by Gasteiger charge is -2.14. The number of methoxy groups -OCH3 is 1. The fourth-order valence-electron chi connectivity index (χ4n) is 3.05. The second-order valence-electron chi connectivity index (χ2n) is 7.07. The van der Waals surface area contributed by atoms with Crippen LogP contribution in [0.3, 0.4) is 0 Å². The minimum atomic E-state index is -0.632. The zero-order chi connectivity index (χ0) is 21.9. The first kappa shape index (κ1) is 22.3. The van der Waals surface area contributed by atoms with Crippen LogP contribution in [0.1, 0.15) is 16.7 Å². The molecule has 0 heterocycles. The van der Waals surface area contributed by atoms with Crippen molar-refractivity contribution in [2.45, 2.75) is 12.6 Å². The van der Waals surface area contributed by atoms with E-state index < -0.39 is 12.1 Å². The third-order valence-electron chi connectivity index (χ3n) is 4.68. The van der Waals surface area contributed by atoms with Crippen LogP contribution >= 0.6 is 0 Å². The van der Waals surface area contributed by atoms with Crippen LogP contribution in [0, 0.1) is 0 Å². The van der Waals surface area contributed by atoms with Gasteiger partial charge < -0.3 is 19.9 Å². The second kappa shape index (κ2) is 11.7. The summed E-state index contributed by atoms with van der Waals surface area (Å²) in [7, 11) is 1.37. The number of hydrogen-bond donors (Lipinski definition) is 2. The van der Waals surface area contributed by atoms with Gasteiger partial charge in [-0.25, -0.2) is 4.79 Å². The summed E-state index contributed by atoms with van der Waals surface area (Å²) in [5.41, 5.74) is 3.27. The number of nitrogens with one attached hydrogen (secondary N) is 1. The van der Waals surface area contributed by atoms with Crippen LogP contribution in [0.4, 0.5) is 0 Å². The molecular weight excluding hydrogens is 390 g/mol. The molecule has 3 rings (SSSR count). The van der Waals surface area contributed by atoms with E-state index in [1.54, 1.807) is 30.3 Å². The first-order chi connectivity index (χ1) is 15.2. The van der Waals surface area contributed by atoms with E-state index >= 15 is 0 Å². The summed E-state index contributed by atoms with van der Waals surface area (Å²) < 4.78 is 10.6. The molecule has 0 radical (unpaired) electrons. The molecule has 31 heavy (non-hydrogen) atoms. The van der Waals surface area contributed by atoms with Crippen molar-refractivity contribution in [3.05, 3.63) is 102 Å². The van der Waals surface area contributed by atoms with Gasteiger partial charge in [-0.2, -0.15) is 0 Å². The summed E-state index contributed by atoms with van der Waals surface area (Å²) in [6.07, 6.45) is 1.16. The molecule has 0 aliphatic heterocycles. The summed E-state index contributed by atoms with van der Waals surface area (Å²) in [4.78, 5) is 12.3. The summed E-state index contributed by atoms with van der Waals surface area (Å²) >= 11 is 0. The molecule has 0 spiro atoms. The van der Waals surface area contributed by atoms with E-state index in [0.29, 0.717) is 24.4 Å². The number of carbonyl (C=O) groups is 1. The standard InChI is InChI=1S/C26H27NO4/c1-30-26(29)25(16-20-8-4-2-5-9-20)22-12-14-24(15-13-22)31-19-23(28)18-27-17-21-10-6-3-7-11-21/h2-16,23,27-28H,17-19H2,1H3. The number of hydrogen-bond acceptors (Lipinski definition) is 5. The number of ether oxygens (including phenoxy) is 2. The Labute approximate surface area is 183 Å². The zero-order valence-electron chi connectivity index (χ0n) is 17.5. The highest BCUT2D eigenvalue weighted by Gasteiger charge is 2.13. The average Bonchev–Trinajstić information content (AvgIpc) is 2.82. The van der Waals surface area contributed by atoms with Gasteiger partial charge in [-0.05, 0) is 34.9 Å². The van der Waals surface area contributed by atoms with Gasteiger partial charge in [0.2, 0.25) is 0 Å². The van der Waals surface area contributed by atoms with Gasteiger partial charge in [0.25, 0.3) is 0 Å². The van der Waals surface area contributed by atoms with E-state index in [4.69, 9.17) is 9.47 Å². The van der Waals surface area contributed by atoms with Crippen molar-refractivity contribution < 1.29 is 19.4 Å². The van der Waals surface area contributed by atoms with Gasteiger partial charge >= 0.3 is 5.97 Å². The minimum absolute atomic E-state index is 0.171. The average molecular weight is 418 g/mol. The van der Waals surface area contributed by atoms with Crippen molar-refractivity contribution in [2.24, 2.45) is 0 Å². The lowest BCUT2D eigenvalue weighted by Crippen LogP contribution is -2.31. The number of aliphatic hydroxyl groups excluding tert-OH is 1. The predicted octanol–water partition coefficient (Wildman–Crippen LogP) is 3.93.